The van der Waals surface area contributed by atoms with E-state index in [2.05, 4.69) is 6.92 Å². The molecule has 0 N–H and O–H groups in total. The molecule has 1 spiro atoms. The van der Waals surface area contributed by atoms with E-state index in [9.17, 15) is 9.00 Å². The molecule has 1 aromatic rings. The molecule has 7 heteroatoms. The minimum absolute atomic E-state index is 0.112. The van der Waals surface area contributed by atoms with Crippen molar-refractivity contribution in [2.75, 3.05) is 0 Å². The fraction of sp³-hybridized carbons (Fsp3) is 0.667. The second-order valence-electron chi connectivity index (χ2n) is 8.95. The van der Waals surface area contributed by atoms with Gasteiger partial charge in [-0.25, -0.2) is 9.78 Å². The summed E-state index contributed by atoms with van der Waals surface area (Å²) in [6, 6.07) is 9.11. The Hall–Kier alpha value is -1.28. The first-order valence-electron chi connectivity index (χ1n) is 10.0. The van der Waals surface area contributed by atoms with Gasteiger partial charge in [-0.05, 0) is 51.2 Å². The summed E-state index contributed by atoms with van der Waals surface area (Å²) < 4.78 is 24.4. The predicted octanol–water partition coefficient (Wildman–Crippen LogP) is 3.33. The molecule has 0 aromatic heterocycles. The van der Waals surface area contributed by atoms with Crippen LogP contribution in [0.25, 0.3) is 0 Å². The lowest BCUT2D eigenvalue weighted by Gasteiger charge is -2.60. The smallest absolute Gasteiger partial charge is 0.327 e. The Morgan fingerprint density at radius 1 is 1.07 bits per heavy atom. The molecule has 0 amide bonds. The lowest BCUT2D eigenvalue weighted by molar-refractivity contribution is -0.558. The van der Waals surface area contributed by atoms with Crippen LogP contribution in [0.15, 0.2) is 35.2 Å². The fourth-order valence-corrected chi connectivity index (χ4v) is 7.41. The van der Waals surface area contributed by atoms with Gasteiger partial charge in [0, 0.05) is 23.2 Å². The highest BCUT2D eigenvalue weighted by Crippen LogP contribution is 2.61. The average Bonchev–Trinajstić information content (AvgIpc) is 2.92. The van der Waals surface area contributed by atoms with E-state index >= 15 is 0 Å². The molecule has 4 heterocycles. The van der Waals surface area contributed by atoms with E-state index in [0.717, 1.165) is 12.8 Å². The Labute approximate surface area is 167 Å². The molecule has 6 nitrogen and oxygen atoms in total. The van der Waals surface area contributed by atoms with Crippen LogP contribution in [0.4, 0.5) is 0 Å². The van der Waals surface area contributed by atoms with Gasteiger partial charge in [0.2, 0.25) is 12.1 Å². The maximum absolute atomic E-state index is 13.7. The number of carbonyl (C=O) groups is 1. The molecule has 1 aliphatic carbocycles. The molecule has 4 aliphatic heterocycles. The second-order valence-corrected chi connectivity index (χ2v) is 10.8. The number of hydrogen-bond acceptors (Lipinski definition) is 6. The van der Waals surface area contributed by atoms with Crippen LogP contribution in [-0.4, -0.2) is 32.6 Å². The highest BCUT2D eigenvalue weighted by Gasteiger charge is 2.75. The van der Waals surface area contributed by atoms with E-state index in [-0.39, 0.29) is 11.8 Å². The summed E-state index contributed by atoms with van der Waals surface area (Å²) in [4.78, 5) is 25.7. The van der Waals surface area contributed by atoms with Gasteiger partial charge in [-0.3, -0.25) is 9.00 Å². The minimum Gasteiger partial charge on any atom is -0.431 e. The first-order valence-corrected chi connectivity index (χ1v) is 11.2. The zero-order valence-electron chi connectivity index (χ0n) is 16.4. The first-order chi connectivity index (χ1) is 13.3. The Balaban J connectivity index is 1.65. The molecule has 6 rings (SSSR count). The largest absolute Gasteiger partial charge is 0.431 e. The number of benzene rings is 1. The van der Waals surface area contributed by atoms with E-state index in [1.807, 2.05) is 25.1 Å². The molecule has 5 fully saturated rings. The van der Waals surface area contributed by atoms with Crippen LogP contribution in [0.3, 0.4) is 0 Å². The number of hydrogen-bond donors (Lipinski definition) is 0. The molecule has 1 aromatic carbocycles. The van der Waals surface area contributed by atoms with Crippen LogP contribution in [0.5, 0.6) is 0 Å². The highest BCUT2D eigenvalue weighted by molar-refractivity contribution is 7.87. The van der Waals surface area contributed by atoms with Crippen molar-refractivity contribution in [3.63, 3.8) is 0 Å². The van der Waals surface area contributed by atoms with Gasteiger partial charge >= 0.3 is 5.97 Å². The van der Waals surface area contributed by atoms with Crippen LogP contribution >= 0.6 is 0 Å². The molecule has 2 unspecified atom stereocenters. The zero-order valence-corrected chi connectivity index (χ0v) is 17.2. The maximum Gasteiger partial charge on any atom is 0.327 e. The quantitative estimate of drug-likeness (QED) is 0.554. The third-order valence-electron chi connectivity index (χ3n) is 7.34. The molecular weight excluding hydrogens is 380 g/mol. The van der Waals surface area contributed by atoms with E-state index < -0.39 is 39.2 Å². The Bertz CT molecular complexity index is 829. The molecule has 1 saturated carbocycles. The summed E-state index contributed by atoms with van der Waals surface area (Å²) >= 11 is 0. The molecular formula is C21H26O6S. The third kappa shape index (κ3) is 2.30. The predicted molar refractivity (Wildman–Crippen MR) is 100 cm³/mol. The first kappa shape index (κ1) is 18.7. The minimum atomic E-state index is -1.59. The zero-order chi connectivity index (χ0) is 19.7. The van der Waals surface area contributed by atoms with Gasteiger partial charge in [0.15, 0.2) is 10.3 Å². The number of rotatable bonds is 2. The van der Waals surface area contributed by atoms with Gasteiger partial charge in [0.1, 0.15) is 0 Å². The van der Waals surface area contributed by atoms with Gasteiger partial charge in [-0.2, -0.15) is 0 Å². The molecule has 152 valence electrons. The van der Waals surface area contributed by atoms with Crippen molar-refractivity contribution < 1.29 is 28.3 Å². The van der Waals surface area contributed by atoms with Crippen molar-refractivity contribution in [3.05, 3.63) is 30.3 Å². The van der Waals surface area contributed by atoms with Crippen molar-refractivity contribution in [1.82, 2.24) is 0 Å². The van der Waals surface area contributed by atoms with E-state index in [4.69, 9.17) is 19.2 Å². The van der Waals surface area contributed by atoms with E-state index in [0.29, 0.717) is 23.7 Å². The SMILES string of the molecule is C[C@@H]1CC[C@@H]2[C@]34OO[C@](C)(CC[C@@H]13)OC4OC(=O)[C@]2(C)S(=O)c1ccccc1. The lowest BCUT2D eigenvalue weighted by Crippen LogP contribution is -2.75. The van der Waals surface area contributed by atoms with Crippen molar-refractivity contribution >= 4 is 16.8 Å². The number of carbonyl (C=O) groups excluding carboxylic acids is 1. The number of ether oxygens (including phenoxy) is 2. The van der Waals surface area contributed by atoms with Crippen molar-refractivity contribution in [1.29, 1.82) is 0 Å². The van der Waals surface area contributed by atoms with Crippen LogP contribution in [0, 0.1) is 17.8 Å². The van der Waals surface area contributed by atoms with Gasteiger partial charge in [-0.15, -0.1) is 0 Å². The molecule has 8 atom stereocenters. The lowest BCUT2D eigenvalue weighted by atomic mass is 9.58. The van der Waals surface area contributed by atoms with E-state index in [1.165, 1.54) is 0 Å². The normalized spacial score (nSPS) is 48.3. The summed E-state index contributed by atoms with van der Waals surface area (Å²) in [6.07, 6.45) is 2.35. The molecule has 5 aliphatic rings. The van der Waals surface area contributed by atoms with Crippen LogP contribution in [0.1, 0.15) is 46.5 Å². The van der Waals surface area contributed by atoms with Crippen molar-refractivity contribution in [3.8, 4) is 0 Å². The van der Waals surface area contributed by atoms with Gasteiger partial charge in [-0.1, -0.05) is 25.1 Å². The monoisotopic (exact) mass is 406 g/mol. The summed E-state index contributed by atoms with van der Waals surface area (Å²) in [5, 5.41) is 0. The Kier molecular flexibility index (Phi) is 4.09. The highest BCUT2D eigenvalue weighted by atomic mass is 32.2. The molecule has 4 saturated heterocycles. The van der Waals surface area contributed by atoms with E-state index in [1.54, 1.807) is 19.1 Å². The molecule has 2 bridgehead atoms. The number of esters is 1. The molecule has 0 radical (unpaired) electrons. The van der Waals surface area contributed by atoms with Gasteiger partial charge < -0.3 is 9.47 Å². The van der Waals surface area contributed by atoms with Crippen molar-refractivity contribution in [2.24, 2.45) is 17.8 Å². The van der Waals surface area contributed by atoms with Gasteiger partial charge in [0.25, 0.3) is 0 Å². The fourth-order valence-electron chi connectivity index (χ4n) is 5.76. The third-order valence-corrected chi connectivity index (χ3v) is 9.27. The topological polar surface area (TPSA) is 71.1 Å². The standard InChI is InChI=1S/C21H26O6S/c1-13-9-10-16-20(3,28(23)14-7-5-4-6-8-14)17(22)24-18-21(16)15(13)11-12-19(2,25-18)26-27-21/h4-8,13,15-16,18H,9-12H2,1-3H3/t13-,15+,16+,18?,19-,20-,21-,28?/m1/s1. The Morgan fingerprint density at radius 3 is 2.57 bits per heavy atom. The second kappa shape index (κ2) is 6.11. The Morgan fingerprint density at radius 2 is 1.82 bits per heavy atom. The summed E-state index contributed by atoms with van der Waals surface area (Å²) in [5.74, 6) is -1.25. The maximum atomic E-state index is 13.7. The van der Waals surface area contributed by atoms with Gasteiger partial charge in [0.05, 0.1) is 10.8 Å². The van der Waals surface area contributed by atoms with Crippen LogP contribution in [0.2, 0.25) is 0 Å². The molecule has 28 heavy (non-hydrogen) atoms. The summed E-state index contributed by atoms with van der Waals surface area (Å²) in [5.41, 5.74) is -0.930. The van der Waals surface area contributed by atoms with Crippen LogP contribution in [-0.2, 0) is 34.8 Å². The number of fused-ring (bicyclic) bond motifs is 2. The van der Waals surface area contributed by atoms with Crippen LogP contribution < -0.4 is 0 Å². The summed E-state index contributed by atoms with van der Waals surface area (Å²) in [7, 11) is -1.59. The van der Waals surface area contributed by atoms with Crippen molar-refractivity contribution in [2.45, 2.75) is 73.8 Å². The average molecular weight is 407 g/mol. The summed E-state index contributed by atoms with van der Waals surface area (Å²) in [6.45, 7) is 5.78.